The minimum atomic E-state index is -0.327. The molecule has 1 rings (SSSR count). The predicted octanol–water partition coefficient (Wildman–Crippen LogP) is 2.17. The van der Waals surface area contributed by atoms with Crippen molar-refractivity contribution in [3.63, 3.8) is 0 Å². The Morgan fingerprint density at radius 1 is 1.57 bits per heavy atom. The van der Waals surface area contributed by atoms with Crippen molar-refractivity contribution in [2.75, 3.05) is 18.6 Å². The van der Waals surface area contributed by atoms with Gasteiger partial charge in [-0.2, -0.15) is 0 Å². The van der Waals surface area contributed by atoms with Crippen LogP contribution in [0.2, 0.25) is 0 Å². The number of hydrogen-bond acceptors (Lipinski definition) is 4. The second-order valence-electron chi connectivity index (χ2n) is 2.68. The zero-order valence-electron chi connectivity index (χ0n) is 8.24. The van der Waals surface area contributed by atoms with Crippen molar-refractivity contribution in [2.24, 2.45) is 0 Å². The van der Waals surface area contributed by atoms with Gasteiger partial charge in [-0.25, -0.2) is 4.79 Å². The monoisotopic (exact) mass is 211 g/mol. The van der Waals surface area contributed by atoms with E-state index in [1.807, 2.05) is 12.3 Å². The van der Waals surface area contributed by atoms with Crippen molar-refractivity contribution in [1.82, 2.24) is 0 Å². The van der Waals surface area contributed by atoms with Gasteiger partial charge in [0.25, 0.3) is 0 Å². The Kier molecular flexibility index (Phi) is 3.83. The van der Waals surface area contributed by atoms with E-state index in [9.17, 15) is 4.79 Å². The maximum atomic E-state index is 11.3. The Balaban J connectivity index is 2.91. The average molecular weight is 211 g/mol. The Bertz CT molecular complexity index is 339. The Hall–Kier alpha value is -1.16. The maximum absolute atomic E-state index is 11.3. The highest BCUT2D eigenvalue weighted by atomic mass is 32.2. The number of carbonyl (C=O) groups excluding carboxylic acids is 1. The fraction of sp³-hybridized carbons (Fsp3) is 0.300. The van der Waals surface area contributed by atoms with Crippen LogP contribution in [-0.4, -0.2) is 18.8 Å². The number of carbonyl (C=O) groups is 1. The predicted molar refractivity (Wildman–Crippen MR) is 58.6 cm³/mol. The molecule has 0 saturated carbocycles. The first-order chi connectivity index (χ1) is 6.69. The molecule has 0 aliphatic rings. The van der Waals surface area contributed by atoms with Gasteiger partial charge in [-0.05, 0) is 31.4 Å². The van der Waals surface area contributed by atoms with E-state index in [1.165, 1.54) is 0 Å². The molecule has 0 aliphatic carbocycles. The van der Waals surface area contributed by atoms with Gasteiger partial charge in [0.15, 0.2) is 0 Å². The van der Waals surface area contributed by atoms with Gasteiger partial charge in [0.05, 0.1) is 12.2 Å². The smallest absolute Gasteiger partial charge is 0.338 e. The summed E-state index contributed by atoms with van der Waals surface area (Å²) in [6.45, 7) is 2.15. The molecule has 2 N–H and O–H groups in total. The van der Waals surface area contributed by atoms with E-state index in [0.29, 0.717) is 17.9 Å². The van der Waals surface area contributed by atoms with Gasteiger partial charge in [0, 0.05) is 10.6 Å². The molecule has 0 aliphatic heterocycles. The van der Waals surface area contributed by atoms with E-state index in [-0.39, 0.29) is 5.97 Å². The molecule has 1 aromatic carbocycles. The van der Waals surface area contributed by atoms with Crippen molar-refractivity contribution in [2.45, 2.75) is 11.8 Å². The number of ether oxygens (including phenoxy) is 1. The van der Waals surface area contributed by atoms with Gasteiger partial charge in [0.2, 0.25) is 0 Å². The third-order valence-corrected chi connectivity index (χ3v) is 2.55. The van der Waals surface area contributed by atoms with Gasteiger partial charge in [-0.3, -0.25) is 0 Å². The number of esters is 1. The summed E-state index contributed by atoms with van der Waals surface area (Å²) in [5.41, 5.74) is 6.85. The molecule has 0 atom stereocenters. The van der Waals surface area contributed by atoms with E-state index in [0.717, 1.165) is 4.90 Å². The minimum absolute atomic E-state index is 0.327. The number of anilines is 1. The lowest BCUT2D eigenvalue weighted by Gasteiger charge is -2.05. The maximum Gasteiger partial charge on any atom is 0.338 e. The summed E-state index contributed by atoms with van der Waals surface area (Å²) in [7, 11) is 0. The van der Waals surface area contributed by atoms with Crippen LogP contribution in [0.25, 0.3) is 0 Å². The third-order valence-electron chi connectivity index (χ3n) is 1.74. The first-order valence-electron chi connectivity index (χ1n) is 4.29. The number of rotatable bonds is 3. The quantitative estimate of drug-likeness (QED) is 0.473. The van der Waals surface area contributed by atoms with Gasteiger partial charge < -0.3 is 10.5 Å². The molecule has 0 aromatic heterocycles. The molecule has 0 bridgehead atoms. The molecular formula is C10H13NO2S. The van der Waals surface area contributed by atoms with Crippen LogP contribution in [0.4, 0.5) is 5.69 Å². The highest BCUT2D eigenvalue weighted by Crippen LogP contribution is 2.23. The third kappa shape index (κ3) is 2.42. The lowest BCUT2D eigenvalue weighted by atomic mass is 10.2. The van der Waals surface area contributed by atoms with Crippen LogP contribution in [0.5, 0.6) is 0 Å². The van der Waals surface area contributed by atoms with E-state index < -0.39 is 0 Å². The Morgan fingerprint density at radius 3 is 2.79 bits per heavy atom. The lowest BCUT2D eigenvalue weighted by Crippen LogP contribution is -2.05. The summed E-state index contributed by atoms with van der Waals surface area (Å²) >= 11 is 1.55. The van der Waals surface area contributed by atoms with Crippen LogP contribution in [0.1, 0.15) is 17.3 Å². The van der Waals surface area contributed by atoms with E-state index in [1.54, 1.807) is 30.8 Å². The standard InChI is InChI=1S/C10H13NO2S/c1-3-13-10(12)7-4-5-9(14-2)8(11)6-7/h4-6H,3,11H2,1-2H3. The number of hydrogen-bond donors (Lipinski definition) is 1. The van der Waals surface area contributed by atoms with Crippen molar-refractivity contribution in [1.29, 1.82) is 0 Å². The van der Waals surface area contributed by atoms with Gasteiger partial charge in [-0.15, -0.1) is 11.8 Å². The first kappa shape index (κ1) is 10.9. The SMILES string of the molecule is CCOC(=O)c1ccc(SC)c(N)c1. The molecule has 0 amide bonds. The second kappa shape index (κ2) is 4.91. The number of benzene rings is 1. The van der Waals surface area contributed by atoms with Crippen LogP contribution < -0.4 is 5.73 Å². The molecule has 0 spiro atoms. The molecule has 4 heteroatoms. The fourth-order valence-electron chi connectivity index (χ4n) is 1.08. The summed E-state index contributed by atoms with van der Waals surface area (Å²) in [5, 5.41) is 0. The van der Waals surface area contributed by atoms with Gasteiger partial charge in [-0.1, -0.05) is 0 Å². The summed E-state index contributed by atoms with van der Waals surface area (Å²) in [6, 6.07) is 5.19. The fourth-order valence-corrected chi connectivity index (χ4v) is 1.57. The molecule has 0 fully saturated rings. The van der Waals surface area contributed by atoms with Crippen molar-refractivity contribution in [3.8, 4) is 0 Å². The largest absolute Gasteiger partial charge is 0.462 e. The Morgan fingerprint density at radius 2 is 2.29 bits per heavy atom. The number of nitrogens with two attached hydrogens (primary N) is 1. The lowest BCUT2D eigenvalue weighted by molar-refractivity contribution is 0.0526. The van der Waals surface area contributed by atoms with E-state index in [2.05, 4.69) is 0 Å². The number of thioether (sulfide) groups is 1. The minimum Gasteiger partial charge on any atom is -0.462 e. The normalized spacial score (nSPS) is 9.86. The van der Waals surface area contributed by atoms with Crippen LogP contribution in [0.15, 0.2) is 23.1 Å². The van der Waals surface area contributed by atoms with Crippen LogP contribution >= 0.6 is 11.8 Å². The molecule has 1 aromatic rings. The van der Waals surface area contributed by atoms with Crippen LogP contribution in [-0.2, 0) is 4.74 Å². The second-order valence-corrected chi connectivity index (χ2v) is 3.53. The van der Waals surface area contributed by atoms with Gasteiger partial charge >= 0.3 is 5.97 Å². The Labute approximate surface area is 87.6 Å². The zero-order valence-corrected chi connectivity index (χ0v) is 9.06. The number of nitrogen functional groups attached to an aromatic ring is 1. The molecule has 0 saturated heterocycles. The molecule has 14 heavy (non-hydrogen) atoms. The van der Waals surface area contributed by atoms with Crippen molar-refractivity contribution >= 4 is 23.4 Å². The van der Waals surface area contributed by atoms with E-state index >= 15 is 0 Å². The molecule has 0 unspecified atom stereocenters. The molecular weight excluding hydrogens is 198 g/mol. The zero-order chi connectivity index (χ0) is 10.6. The molecule has 0 radical (unpaired) electrons. The topological polar surface area (TPSA) is 52.3 Å². The van der Waals surface area contributed by atoms with Crippen molar-refractivity contribution in [3.05, 3.63) is 23.8 Å². The highest BCUT2D eigenvalue weighted by Gasteiger charge is 2.07. The average Bonchev–Trinajstić information content (AvgIpc) is 2.18. The summed E-state index contributed by atoms with van der Waals surface area (Å²) in [5.74, 6) is -0.327. The first-order valence-corrected chi connectivity index (χ1v) is 5.52. The molecule has 76 valence electrons. The van der Waals surface area contributed by atoms with Crippen LogP contribution in [0.3, 0.4) is 0 Å². The van der Waals surface area contributed by atoms with Crippen LogP contribution in [0, 0.1) is 0 Å². The summed E-state index contributed by atoms with van der Waals surface area (Å²) in [4.78, 5) is 12.3. The highest BCUT2D eigenvalue weighted by molar-refractivity contribution is 7.98. The molecule has 0 heterocycles. The van der Waals surface area contributed by atoms with E-state index in [4.69, 9.17) is 10.5 Å². The molecule has 3 nitrogen and oxygen atoms in total. The summed E-state index contributed by atoms with van der Waals surface area (Å²) < 4.78 is 4.86. The summed E-state index contributed by atoms with van der Waals surface area (Å²) in [6.07, 6.45) is 1.94. The van der Waals surface area contributed by atoms with Crippen molar-refractivity contribution < 1.29 is 9.53 Å². The van der Waals surface area contributed by atoms with Gasteiger partial charge in [0.1, 0.15) is 0 Å².